The number of pyridine rings is 1. The number of aromatic nitrogens is 1. The Kier molecular flexibility index (Phi) is 4.47. The van der Waals surface area contributed by atoms with Crippen molar-refractivity contribution in [3.8, 4) is 0 Å². The van der Waals surface area contributed by atoms with Crippen LogP contribution in [0.2, 0.25) is 0 Å². The SMILES string of the molecule is Cc1nc(N)ccc1CNC(=O)C(C)NC(=O)O. The van der Waals surface area contributed by atoms with Gasteiger partial charge < -0.3 is 21.5 Å². The van der Waals surface area contributed by atoms with Crippen LogP contribution in [0.15, 0.2) is 12.1 Å². The molecule has 18 heavy (non-hydrogen) atoms. The van der Waals surface area contributed by atoms with Gasteiger partial charge in [0.1, 0.15) is 11.9 Å². The van der Waals surface area contributed by atoms with Gasteiger partial charge in [-0.3, -0.25) is 4.79 Å². The molecule has 1 heterocycles. The van der Waals surface area contributed by atoms with E-state index in [4.69, 9.17) is 10.8 Å². The lowest BCUT2D eigenvalue weighted by Gasteiger charge is -2.12. The van der Waals surface area contributed by atoms with Gasteiger partial charge in [0.05, 0.1) is 0 Å². The topological polar surface area (TPSA) is 117 Å². The van der Waals surface area contributed by atoms with E-state index in [0.717, 1.165) is 11.3 Å². The van der Waals surface area contributed by atoms with Crippen LogP contribution in [0.5, 0.6) is 0 Å². The van der Waals surface area contributed by atoms with Crippen LogP contribution in [0.1, 0.15) is 18.2 Å². The van der Waals surface area contributed by atoms with E-state index in [1.54, 1.807) is 19.1 Å². The number of anilines is 1. The van der Waals surface area contributed by atoms with Crippen LogP contribution in [0.25, 0.3) is 0 Å². The zero-order valence-corrected chi connectivity index (χ0v) is 10.2. The molecule has 0 aliphatic rings. The zero-order chi connectivity index (χ0) is 13.7. The van der Waals surface area contributed by atoms with E-state index >= 15 is 0 Å². The van der Waals surface area contributed by atoms with E-state index in [0.29, 0.717) is 5.82 Å². The quantitative estimate of drug-likeness (QED) is 0.612. The number of hydrogen-bond acceptors (Lipinski definition) is 4. The van der Waals surface area contributed by atoms with E-state index in [9.17, 15) is 9.59 Å². The second kappa shape index (κ2) is 5.85. The Balaban J connectivity index is 2.54. The molecular formula is C11H16N4O3. The van der Waals surface area contributed by atoms with Crippen molar-refractivity contribution >= 4 is 17.8 Å². The largest absolute Gasteiger partial charge is 0.465 e. The molecule has 2 amide bonds. The molecule has 0 aliphatic heterocycles. The third-order valence-electron chi connectivity index (χ3n) is 2.40. The van der Waals surface area contributed by atoms with Gasteiger partial charge in [-0.25, -0.2) is 9.78 Å². The summed E-state index contributed by atoms with van der Waals surface area (Å²) in [5, 5.41) is 13.2. The number of carbonyl (C=O) groups excluding carboxylic acids is 1. The highest BCUT2D eigenvalue weighted by Crippen LogP contribution is 2.07. The van der Waals surface area contributed by atoms with Crippen molar-refractivity contribution in [2.24, 2.45) is 0 Å². The maximum atomic E-state index is 11.5. The number of nitrogens with two attached hydrogens (primary N) is 1. The lowest BCUT2D eigenvalue weighted by molar-refractivity contribution is -0.122. The Labute approximate surface area is 104 Å². The van der Waals surface area contributed by atoms with Gasteiger partial charge in [-0.1, -0.05) is 6.07 Å². The number of nitrogen functional groups attached to an aromatic ring is 1. The predicted octanol–water partition coefficient (Wildman–Crippen LogP) is 0.245. The number of amides is 2. The Morgan fingerprint density at radius 1 is 1.50 bits per heavy atom. The number of carbonyl (C=O) groups is 2. The average molecular weight is 252 g/mol. The molecule has 0 saturated heterocycles. The summed E-state index contributed by atoms with van der Waals surface area (Å²) in [5.41, 5.74) is 7.08. The summed E-state index contributed by atoms with van der Waals surface area (Å²) in [4.78, 5) is 26.0. The van der Waals surface area contributed by atoms with Crippen molar-refractivity contribution < 1.29 is 14.7 Å². The minimum Gasteiger partial charge on any atom is -0.465 e. The molecule has 0 aromatic carbocycles. The first kappa shape index (κ1) is 13.8. The van der Waals surface area contributed by atoms with Crippen LogP contribution in [0, 0.1) is 6.92 Å². The van der Waals surface area contributed by atoms with E-state index in [1.807, 2.05) is 0 Å². The summed E-state index contributed by atoms with van der Waals surface area (Å²) < 4.78 is 0. The fraction of sp³-hybridized carbons (Fsp3) is 0.364. The molecule has 98 valence electrons. The second-order valence-corrected chi connectivity index (χ2v) is 3.87. The van der Waals surface area contributed by atoms with Crippen LogP contribution in [0.3, 0.4) is 0 Å². The van der Waals surface area contributed by atoms with Gasteiger partial charge >= 0.3 is 6.09 Å². The van der Waals surface area contributed by atoms with Gasteiger partial charge in [0, 0.05) is 12.2 Å². The van der Waals surface area contributed by atoms with Crippen LogP contribution < -0.4 is 16.4 Å². The highest BCUT2D eigenvalue weighted by molar-refractivity contribution is 5.84. The molecule has 0 aliphatic carbocycles. The number of nitrogens with one attached hydrogen (secondary N) is 2. The van der Waals surface area contributed by atoms with Gasteiger partial charge in [0.2, 0.25) is 5.91 Å². The highest BCUT2D eigenvalue weighted by atomic mass is 16.4. The van der Waals surface area contributed by atoms with Crippen LogP contribution >= 0.6 is 0 Å². The number of rotatable bonds is 4. The van der Waals surface area contributed by atoms with Crippen molar-refractivity contribution in [3.05, 3.63) is 23.4 Å². The third-order valence-corrected chi connectivity index (χ3v) is 2.40. The zero-order valence-electron chi connectivity index (χ0n) is 10.2. The van der Waals surface area contributed by atoms with E-state index in [1.165, 1.54) is 6.92 Å². The van der Waals surface area contributed by atoms with Crippen molar-refractivity contribution in [1.29, 1.82) is 0 Å². The summed E-state index contributed by atoms with van der Waals surface area (Å²) in [7, 11) is 0. The molecule has 1 unspecified atom stereocenters. The summed E-state index contributed by atoms with van der Waals surface area (Å²) in [6, 6.07) is 2.62. The van der Waals surface area contributed by atoms with Crippen molar-refractivity contribution in [2.75, 3.05) is 5.73 Å². The van der Waals surface area contributed by atoms with Crippen molar-refractivity contribution in [2.45, 2.75) is 26.4 Å². The van der Waals surface area contributed by atoms with Gasteiger partial charge in [-0.05, 0) is 25.5 Å². The molecule has 1 aromatic rings. The lowest BCUT2D eigenvalue weighted by atomic mass is 10.2. The Bertz CT molecular complexity index is 462. The third kappa shape index (κ3) is 3.93. The molecule has 7 heteroatoms. The first-order chi connectivity index (χ1) is 8.40. The minimum atomic E-state index is -1.23. The lowest BCUT2D eigenvalue weighted by Crippen LogP contribution is -2.44. The highest BCUT2D eigenvalue weighted by Gasteiger charge is 2.14. The standard InChI is InChI=1S/C11H16N4O3/c1-6-8(3-4-9(12)14-6)5-13-10(16)7(2)15-11(17)18/h3-4,7,15H,5H2,1-2H3,(H2,12,14)(H,13,16)(H,17,18). The Morgan fingerprint density at radius 2 is 2.17 bits per heavy atom. The van der Waals surface area contributed by atoms with Crippen molar-refractivity contribution in [1.82, 2.24) is 15.6 Å². The molecule has 0 fully saturated rings. The molecule has 0 saturated carbocycles. The van der Waals surface area contributed by atoms with Gasteiger partial charge in [-0.15, -0.1) is 0 Å². The maximum Gasteiger partial charge on any atom is 0.405 e. The second-order valence-electron chi connectivity index (χ2n) is 3.87. The molecule has 1 atom stereocenters. The summed E-state index contributed by atoms with van der Waals surface area (Å²) >= 11 is 0. The number of aryl methyl sites for hydroxylation is 1. The van der Waals surface area contributed by atoms with Crippen LogP contribution in [0.4, 0.5) is 10.6 Å². The molecule has 7 nitrogen and oxygen atoms in total. The molecular weight excluding hydrogens is 236 g/mol. The number of nitrogens with zero attached hydrogens (tertiary/aromatic N) is 1. The monoisotopic (exact) mass is 252 g/mol. The smallest absolute Gasteiger partial charge is 0.405 e. The van der Waals surface area contributed by atoms with E-state index in [-0.39, 0.29) is 6.54 Å². The first-order valence-corrected chi connectivity index (χ1v) is 5.39. The molecule has 5 N–H and O–H groups in total. The normalized spacial score (nSPS) is 11.7. The van der Waals surface area contributed by atoms with Gasteiger partial charge in [-0.2, -0.15) is 0 Å². The molecule has 0 bridgehead atoms. The number of carboxylic acid groups (broad SMARTS) is 1. The van der Waals surface area contributed by atoms with E-state index < -0.39 is 18.0 Å². The predicted molar refractivity (Wildman–Crippen MR) is 65.9 cm³/mol. The summed E-state index contributed by atoms with van der Waals surface area (Å²) in [6.45, 7) is 3.54. The summed E-state index contributed by atoms with van der Waals surface area (Å²) in [6.07, 6.45) is -1.23. The van der Waals surface area contributed by atoms with E-state index in [2.05, 4.69) is 15.6 Å². The fourth-order valence-electron chi connectivity index (χ4n) is 1.38. The Hall–Kier alpha value is -2.31. The number of hydrogen-bond donors (Lipinski definition) is 4. The first-order valence-electron chi connectivity index (χ1n) is 5.39. The average Bonchev–Trinajstić information content (AvgIpc) is 2.26. The Morgan fingerprint density at radius 3 is 2.72 bits per heavy atom. The maximum absolute atomic E-state index is 11.5. The van der Waals surface area contributed by atoms with Gasteiger partial charge in [0.15, 0.2) is 0 Å². The molecule has 1 aromatic heterocycles. The van der Waals surface area contributed by atoms with Crippen LogP contribution in [-0.4, -0.2) is 28.1 Å². The minimum absolute atomic E-state index is 0.281. The molecule has 0 radical (unpaired) electrons. The van der Waals surface area contributed by atoms with Crippen molar-refractivity contribution in [3.63, 3.8) is 0 Å². The van der Waals surface area contributed by atoms with Gasteiger partial charge in [0.25, 0.3) is 0 Å². The van der Waals surface area contributed by atoms with Crippen LogP contribution in [-0.2, 0) is 11.3 Å². The summed E-state index contributed by atoms with van der Waals surface area (Å²) in [5.74, 6) is 0.0251. The molecule has 0 spiro atoms. The fourth-order valence-corrected chi connectivity index (χ4v) is 1.38. The molecule has 1 rings (SSSR count).